The van der Waals surface area contributed by atoms with Crippen molar-refractivity contribution in [1.82, 2.24) is 9.55 Å². The fourth-order valence-corrected chi connectivity index (χ4v) is 2.72. The van der Waals surface area contributed by atoms with Crippen molar-refractivity contribution in [3.05, 3.63) is 52.1 Å². The summed E-state index contributed by atoms with van der Waals surface area (Å²) in [7, 11) is 0. The summed E-state index contributed by atoms with van der Waals surface area (Å²) in [4.78, 5) is 2.91. The van der Waals surface area contributed by atoms with Gasteiger partial charge in [-0.15, -0.1) is 0 Å². The van der Waals surface area contributed by atoms with Crippen molar-refractivity contribution in [3.63, 3.8) is 0 Å². The first-order valence-electron chi connectivity index (χ1n) is 5.37. The first-order chi connectivity index (χ1) is 8.15. The van der Waals surface area contributed by atoms with E-state index in [0.29, 0.717) is 23.2 Å². The van der Waals surface area contributed by atoms with Gasteiger partial charge in [-0.1, -0.05) is 0 Å². The number of fused-ring (bicyclic) bond motifs is 1. The van der Waals surface area contributed by atoms with Crippen LogP contribution < -0.4 is 0 Å². The van der Waals surface area contributed by atoms with Crippen LogP contribution >= 0.6 is 12.2 Å². The van der Waals surface area contributed by atoms with Crippen LogP contribution in [0.2, 0.25) is 0 Å². The molecule has 17 heavy (non-hydrogen) atoms. The molecule has 1 unspecified atom stereocenters. The van der Waals surface area contributed by atoms with E-state index in [9.17, 15) is 8.78 Å². The molecule has 1 aliphatic rings. The number of hydrogen-bond acceptors (Lipinski definition) is 1. The fourth-order valence-electron chi connectivity index (χ4n) is 2.44. The molecule has 3 rings (SSSR count). The molecule has 1 aromatic carbocycles. The summed E-state index contributed by atoms with van der Waals surface area (Å²) in [5.74, 6) is -0.968. The van der Waals surface area contributed by atoms with E-state index in [1.54, 1.807) is 6.20 Å². The zero-order chi connectivity index (χ0) is 12.0. The second-order valence-electron chi connectivity index (χ2n) is 4.26. The van der Waals surface area contributed by atoms with Crippen LogP contribution in [-0.2, 0) is 12.8 Å². The van der Waals surface area contributed by atoms with Crippen molar-refractivity contribution < 1.29 is 8.78 Å². The molecular weight excluding hydrogens is 242 g/mol. The van der Waals surface area contributed by atoms with Crippen LogP contribution in [0, 0.1) is 16.4 Å². The highest BCUT2D eigenvalue weighted by Crippen LogP contribution is 2.32. The quantitative estimate of drug-likeness (QED) is 0.773. The number of H-pyrrole nitrogens is 1. The molecule has 0 bridgehead atoms. The Labute approximate surface area is 102 Å². The van der Waals surface area contributed by atoms with Crippen LogP contribution in [0.3, 0.4) is 0 Å². The highest BCUT2D eigenvalue weighted by atomic mass is 32.1. The third kappa shape index (κ3) is 1.70. The number of nitrogens with zero attached hydrogens (tertiary/aromatic N) is 1. The van der Waals surface area contributed by atoms with E-state index >= 15 is 0 Å². The lowest BCUT2D eigenvalue weighted by molar-refractivity contribution is 0.514. The molecule has 2 nitrogen and oxygen atoms in total. The van der Waals surface area contributed by atoms with Crippen LogP contribution in [-0.4, -0.2) is 9.55 Å². The molecule has 1 atom stereocenters. The number of rotatable bonds is 1. The molecule has 88 valence electrons. The van der Waals surface area contributed by atoms with Gasteiger partial charge in [-0.2, -0.15) is 0 Å². The van der Waals surface area contributed by atoms with Crippen molar-refractivity contribution in [1.29, 1.82) is 0 Å². The lowest BCUT2D eigenvalue weighted by atomic mass is 10.1. The zero-order valence-electron chi connectivity index (χ0n) is 8.91. The maximum absolute atomic E-state index is 13.6. The van der Waals surface area contributed by atoms with Crippen LogP contribution in [0.1, 0.15) is 17.2 Å². The molecule has 0 fully saturated rings. The zero-order valence-corrected chi connectivity index (χ0v) is 9.73. The Bertz CT molecular complexity index is 630. The van der Waals surface area contributed by atoms with Crippen LogP contribution in [0.5, 0.6) is 0 Å². The average Bonchev–Trinajstić information content (AvgIpc) is 2.83. The van der Waals surface area contributed by atoms with Crippen molar-refractivity contribution in [2.45, 2.75) is 18.9 Å². The molecule has 0 spiro atoms. The van der Waals surface area contributed by atoms with Gasteiger partial charge in [-0.3, -0.25) is 0 Å². The van der Waals surface area contributed by atoms with Gasteiger partial charge in [0.15, 0.2) is 4.77 Å². The molecule has 0 aliphatic heterocycles. The maximum Gasteiger partial charge on any atom is 0.177 e. The molecule has 0 amide bonds. The predicted molar refractivity (Wildman–Crippen MR) is 62.4 cm³/mol. The van der Waals surface area contributed by atoms with E-state index < -0.39 is 11.6 Å². The number of aromatic nitrogens is 2. The number of aromatic amines is 1. The topological polar surface area (TPSA) is 20.7 Å². The van der Waals surface area contributed by atoms with Crippen LogP contribution in [0.4, 0.5) is 8.78 Å². The number of imidazole rings is 1. The van der Waals surface area contributed by atoms with Gasteiger partial charge in [0.25, 0.3) is 0 Å². The van der Waals surface area contributed by atoms with Gasteiger partial charge in [-0.05, 0) is 42.3 Å². The first kappa shape index (κ1) is 10.7. The molecule has 0 saturated carbocycles. The number of nitrogens with one attached hydrogen (secondary N) is 1. The minimum atomic E-state index is -0.514. The molecule has 0 saturated heterocycles. The minimum Gasteiger partial charge on any atom is -0.337 e. The highest BCUT2D eigenvalue weighted by molar-refractivity contribution is 7.71. The Balaban J connectivity index is 2.01. The van der Waals surface area contributed by atoms with Gasteiger partial charge in [0, 0.05) is 24.5 Å². The number of benzene rings is 1. The van der Waals surface area contributed by atoms with E-state index in [0.717, 1.165) is 11.6 Å². The lowest BCUT2D eigenvalue weighted by Crippen LogP contribution is -2.07. The SMILES string of the molecule is Fc1cc(F)c2c(c1)CC(n1cc[nH]c1=S)C2. The molecule has 1 aliphatic carbocycles. The third-order valence-corrected chi connectivity index (χ3v) is 3.55. The molecule has 1 heterocycles. The lowest BCUT2D eigenvalue weighted by Gasteiger charge is -2.10. The summed E-state index contributed by atoms with van der Waals surface area (Å²) in [6, 6.07) is 2.44. The summed E-state index contributed by atoms with van der Waals surface area (Å²) in [5.41, 5.74) is 1.36. The van der Waals surface area contributed by atoms with Crippen molar-refractivity contribution >= 4 is 12.2 Å². The van der Waals surface area contributed by atoms with Crippen molar-refractivity contribution in [2.75, 3.05) is 0 Å². The molecule has 1 N–H and O–H groups in total. The number of hydrogen-bond donors (Lipinski definition) is 1. The Kier molecular flexibility index (Phi) is 2.36. The highest BCUT2D eigenvalue weighted by Gasteiger charge is 2.26. The van der Waals surface area contributed by atoms with E-state index in [-0.39, 0.29) is 6.04 Å². The summed E-state index contributed by atoms with van der Waals surface area (Å²) >= 11 is 5.13. The van der Waals surface area contributed by atoms with E-state index in [1.165, 1.54) is 6.07 Å². The minimum absolute atomic E-state index is 0.0834. The van der Waals surface area contributed by atoms with Crippen LogP contribution in [0.25, 0.3) is 0 Å². The smallest absolute Gasteiger partial charge is 0.177 e. The Hall–Kier alpha value is -1.49. The molecule has 0 radical (unpaired) electrons. The van der Waals surface area contributed by atoms with E-state index in [4.69, 9.17) is 12.2 Å². The number of halogens is 2. The van der Waals surface area contributed by atoms with Gasteiger partial charge in [0.1, 0.15) is 11.6 Å². The van der Waals surface area contributed by atoms with Gasteiger partial charge < -0.3 is 9.55 Å². The second-order valence-corrected chi connectivity index (χ2v) is 4.65. The third-order valence-electron chi connectivity index (χ3n) is 3.22. The monoisotopic (exact) mass is 252 g/mol. The van der Waals surface area contributed by atoms with Crippen molar-refractivity contribution in [2.24, 2.45) is 0 Å². The standard InChI is InChI=1S/C12H10F2N2S/c13-8-3-7-4-9(6-10(7)11(14)5-8)16-2-1-15-12(16)17/h1-3,5,9H,4,6H2,(H,15,17). The van der Waals surface area contributed by atoms with Gasteiger partial charge in [0.05, 0.1) is 0 Å². The second kappa shape index (κ2) is 3.77. The van der Waals surface area contributed by atoms with Gasteiger partial charge in [0.2, 0.25) is 0 Å². The Morgan fingerprint density at radius 3 is 2.82 bits per heavy atom. The normalized spacial score (nSPS) is 18.4. The maximum atomic E-state index is 13.6. The summed E-state index contributed by atoms with van der Waals surface area (Å²) < 4.78 is 29.2. The molecule has 2 aromatic rings. The average molecular weight is 252 g/mol. The van der Waals surface area contributed by atoms with Crippen LogP contribution in [0.15, 0.2) is 24.5 Å². The summed E-state index contributed by atoms with van der Waals surface area (Å²) in [6.45, 7) is 0. The Morgan fingerprint density at radius 1 is 1.29 bits per heavy atom. The summed E-state index contributed by atoms with van der Waals surface area (Å²) in [5, 5.41) is 0. The molecule has 5 heteroatoms. The predicted octanol–water partition coefficient (Wildman–Crippen LogP) is 3.16. The summed E-state index contributed by atoms with van der Waals surface area (Å²) in [6.07, 6.45) is 4.78. The van der Waals surface area contributed by atoms with E-state index in [1.807, 2.05) is 10.8 Å². The fraction of sp³-hybridized carbons (Fsp3) is 0.250. The first-order valence-corrected chi connectivity index (χ1v) is 5.78. The van der Waals surface area contributed by atoms with Gasteiger partial charge >= 0.3 is 0 Å². The Morgan fingerprint density at radius 2 is 2.12 bits per heavy atom. The largest absolute Gasteiger partial charge is 0.337 e. The molecular formula is C12H10F2N2S. The van der Waals surface area contributed by atoms with Gasteiger partial charge in [-0.25, -0.2) is 8.78 Å². The molecule has 1 aromatic heterocycles. The van der Waals surface area contributed by atoms with Crippen molar-refractivity contribution in [3.8, 4) is 0 Å². The van der Waals surface area contributed by atoms with E-state index in [2.05, 4.69) is 4.98 Å².